The zero-order chi connectivity index (χ0) is 19.0. The van der Waals surface area contributed by atoms with Crippen LogP contribution in [0, 0.1) is 6.92 Å². The number of amides is 2. The first-order valence-corrected chi connectivity index (χ1v) is 9.56. The van der Waals surface area contributed by atoms with Gasteiger partial charge < -0.3 is 10.2 Å². The van der Waals surface area contributed by atoms with Crippen LogP contribution in [-0.4, -0.2) is 21.7 Å². The minimum atomic E-state index is -0.307. The van der Waals surface area contributed by atoms with Gasteiger partial charge in [-0.2, -0.15) is 0 Å². The van der Waals surface area contributed by atoms with Crippen molar-refractivity contribution in [2.45, 2.75) is 26.3 Å². The third-order valence-corrected chi connectivity index (χ3v) is 5.56. The minimum Gasteiger partial charge on any atom is -0.326 e. The first-order chi connectivity index (χ1) is 13.0. The van der Waals surface area contributed by atoms with Crippen molar-refractivity contribution < 1.29 is 9.59 Å². The summed E-state index contributed by atoms with van der Waals surface area (Å²) in [6, 6.07) is 13.3. The second-order valence-electron chi connectivity index (χ2n) is 6.55. The Labute approximate surface area is 161 Å². The molecule has 0 unspecified atom stereocenters. The normalized spacial score (nSPS) is 15.6. The van der Waals surface area contributed by atoms with Gasteiger partial charge in [0.1, 0.15) is 0 Å². The van der Waals surface area contributed by atoms with Gasteiger partial charge in [0, 0.05) is 18.8 Å². The molecule has 0 saturated heterocycles. The summed E-state index contributed by atoms with van der Waals surface area (Å²) in [6.07, 6.45) is 3.86. The van der Waals surface area contributed by atoms with Gasteiger partial charge in [-0.3, -0.25) is 9.59 Å². The number of thiazole rings is 1. The van der Waals surface area contributed by atoms with Gasteiger partial charge in [0.2, 0.25) is 11.8 Å². The Morgan fingerprint density at radius 3 is 2.85 bits per heavy atom. The second-order valence-corrected chi connectivity index (χ2v) is 7.79. The van der Waals surface area contributed by atoms with Crippen LogP contribution >= 0.6 is 11.3 Å². The number of carbonyl (C=O) groups is 2. The van der Waals surface area contributed by atoms with Crippen LogP contribution in [0.4, 0.5) is 5.69 Å². The number of aromatic nitrogens is 1. The number of fused-ring (bicyclic) bond motifs is 2. The molecular formula is C21H19N3O2S. The number of carbonyl (C=O) groups excluding carboxylic acids is 2. The second kappa shape index (κ2) is 6.96. The Balaban J connectivity index is 1.56. The van der Waals surface area contributed by atoms with E-state index < -0.39 is 0 Å². The first-order valence-electron chi connectivity index (χ1n) is 8.74. The van der Waals surface area contributed by atoms with Crippen molar-refractivity contribution in [1.29, 1.82) is 0 Å². The molecule has 1 aliphatic rings. The molecule has 3 aromatic rings. The lowest BCUT2D eigenvalue weighted by molar-refractivity contribution is -0.129. The van der Waals surface area contributed by atoms with E-state index in [9.17, 15) is 9.59 Å². The summed E-state index contributed by atoms with van der Waals surface area (Å²) < 4.78 is 1.04. The van der Waals surface area contributed by atoms with Gasteiger partial charge in [-0.1, -0.05) is 24.3 Å². The first kappa shape index (κ1) is 17.4. The maximum absolute atomic E-state index is 12.7. The van der Waals surface area contributed by atoms with Gasteiger partial charge >= 0.3 is 0 Å². The predicted octanol–water partition coefficient (Wildman–Crippen LogP) is 4.51. The monoisotopic (exact) mass is 377 g/mol. The third-order valence-electron chi connectivity index (χ3n) is 4.63. The van der Waals surface area contributed by atoms with E-state index >= 15 is 0 Å². The van der Waals surface area contributed by atoms with Gasteiger partial charge in [-0.05, 0) is 42.3 Å². The number of hydrogen-bond donors (Lipinski definition) is 1. The van der Waals surface area contributed by atoms with E-state index in [2.05, 4.69) is 10.3 Å². The van der Waals surface area contributed by atoms with Crippen molar-refractivity contribution in [1.82, 2.24) is 9.88 Å². The molecule has 1 N–H and O–H groups in total. The Morgan fingerprint density at radius 2 is 2.04 bits per heavy atom. The molecule has 1 atom stereocenters. The lowest BCUT2D eigenvalue weighted by Gasteiger charge is -2.32. The van der Waals surface area contributed by atoms with Crippen LogP contribution in [0.1, 0.15) is 35.5 Å². The van der Waals surface area contributed by atoms with E-state index in [1.54, 1.807) is 22.4 Å². The number of anilines is 1. The molecule has 4 rings (SSSR count). The highest BCUT2D eigenvalue weighted by Gasteiger charge is 2.28. The molecule has 0 bridgehead atoms. The topological polar surface area (TPSA) is 62.3 Å². The SMILES string of the molecule is CC(=O)N1C=Cc2ccccc2[C@@H]1CC(=O)Nc1ccc2nc(C)sc2c1. The number of benzene rings is 2. The molecular weight excluding hydrogens is 358 g/mol. The van der Waals surface area contributed by atoms with Gasteiger partial charge in [0.05, 0.1) is 27.7 Å². The average molecular weight is 377 g/mol. The quantitative estimate of drug-likeness (QED) is 0.731. The van der Waals surface area contributed by atoms with Crippen LogP contribution in [0.5, 0.6) is 0 Å². The van der Waals surface area contributed by atoms with Crippen molar-refractivity contribution in [2.75, 3.05) is 5.32 Å². The van der Waals surface area contributed by atoms with Crippen LogP contribution in [0.15, 0.2) is 48.7 Å². The molecule has 0 fully saturated rings. The Morgan fingerprint density at radius 1 is 1.22 bits per heavy atom. The summed E-state index contributed by atoms with van der Waals surface area (Å²) in [6.45, 7) is 3.48. The molecule has 136 valence electrons. The zero-order valence-electron chi connectivity index (χ0n) is 15.1. The van der Waals surface area contributed by atoms with Gasteiger partial charge in [0.15, 0.2) is 0 Å². The average Bonchev–Trinajstić information content (AvgIpc) is 3.01. The molecule has 0 spiro atoms. The molecule has 2 aromatic carbocycles. The zero-order valence-corrected chi connectivity index (χ0v) is 15.9. The van der Waals surface area contributed by atoms with Crippen LogP contribution in [0.25, 0.3) is 16.3 Å². The van der Waals surface area contributed by atoms with Crippen LogP contribution < -0.4 is 5.32 Å². The van der Waals surface area contributed by atoms with Gasteiger partial charge in [-0.25, -0.2) is 4.98 Å². The van der Waals surface area contributed by atoms with Crippen molar-refractivity contribution in [3.63, 3.8) is 0 Å². The summed E-state index contributed by atoms with van der Waals surface area (Å²) in [5.41, 5.74) is 3.70. The smallest absolute Gasteiger partial charge is 0.226 e. The molecule has 2 amide bonds. The highest BCUT2D eigenvalue weighted by Crippen LogP contribution is 2.33. The van der Waals surface area contributed by atoms with Crippen LogP contribution in [0.3, 0.4) is 0 Å². The Hall–Kier alpha value is -2.99. The van der Waals surface area contributed by atoms with E-state index in [0.29, 0.717) is 0 Å². The van der Waals surface area contributed by atoms with Crippen molar-refractivity contribution in [3.8, 4) is 0 Å². The number of rotatable bonds is 3. The summed E-state index contributed by atoms with van der Waals surface area (Å²) in [5.74, 6) is -0.211. The fraction of sp³-hybridized carbons (Fsp3) is 0.190. The van der Waals surface area contributed by atoms with E-state index in [1.165, 1.54) is 6.92 Å². The molecule has 5 nitrogen and oxygen atoms in total. The summed E-state index contributed by atoms with van der Waals surface area (Å²) >= 11 is 1.60. The molecule has 2 heterocycles. The molecule has 0 radical (unpaired) electrons. The number of nitrogens with one attached hydrogen (secondary N) is 1. The summed E-state index contributed by atoms with van der Waals surface area (Å²) in [4.78, 5) is 30.8. The molecule has 6 heteroatoms. The van der Waals surface area contributed by atoms with Crippen molar-refractivity contribution >= 4 is 45.1 Å². The van der Waals surface area contributed by atoms with Crippen LogP contribution in [0.2, 0.25) is 0 Å². The summed E-state index contributed by atoms with van der Waals surface area (Å²) in [5, 5.41) is 3.96. The highest BCUT2D eigenvalue weighted by molar-refractivity contribution is 7.18. The van der Waals surface area contributed by atoms with Gasteiger partial charge in [-0.15, -0.1) is 11.3 Å². The Kier molecular flexibility index (Phi) is 4.49. The Bertz CT molecular complexity index is 1070. The van der Waals surface area contributed by atoms with E-state index in [4.69, 9.17) is 0 Å². The minimum absolute atomic E-state index is 0.0832. The molecule has 27 heavy (non-hydrogen) atoms. The molecule has 0 aliphatic carbocycles. The number of aryl methyl sites for hydroxylation is 1. The molecule has 1 aromatic heterocycles. The lowest BCUT2D eigenvalue weighted by Crippen LogP contribution is -2.33. The van der Waals surface area contributed by atoms with Crippen LogP contribution in [-0.2, 0) is 9.59 Å². The fourth-order valence-corrected chi connectivity index (χ4v) is 4.28. The van der Waals surface area contributed by atoms with E-state index in [0.717, 1.165) is 32.0 Å². The summed E-state index contributed by atoms with van der Waals surface area (Å²) in [7, 11) is 0. The largest absolute Gasteiger partial charge is 0.326 e. The van der Waals surface area contributed by atoms with Gasteiger partial charge in [0.25, 0.3) is 0 Å². The van der Waals surface area contributed by atoms with Crippen molar-refractivity contribution in [2.24, 2.45) is 0 Å². The maximum atomic E-state index is 12.7. The lowest BCUT2D eigenvalue weighted by atomic mass is 9.93. The molecule has 1 aliphatic heterocycles. The van der Waals surface area contributed by atoms with E-state index in [-0.39, 0.29) is 24.3 Å². The standard InChI is InChI=1S/C21H19N3O2S/c1-13-22-18-8-7-16(11-20(18)27-13)23-21(26)12-19-17-6-4-3-5-15(17)9-10-24(19)14(2)25/h3-11,19H,12H2,1-2H3,(H,23,26)/t19-/m0/s1. The highest BCUT2D eigenvalue weighted by atomic mass is 32.1. The van der Waals surface area contributed by atoms with Crippen molar-refractivity contribution in [3.05, 3.63) is 64.8 Å². The number of nitrogens with zero attached hydrogens (tertiary/aromatic N) is 2. The maximum Gasteiger partial charge on any atom is 0.226 e. The van der Waals surface area contributed by atoms with E-state index in [1.807, 2.05) is 55.5 Å². The number of hydrogen-bond acceptors (Lipinski definition) is 4. The third kappa shape index (κ3) is 3.48. The fourth-order valence-electron chi connectivity index (χ4n) is 3.42. The predicted molar refractivity (Wildman–Crippen MR) is 108 cm³/mol. The molecule has 0 saturated carbocycles.